The van der Waals surface area contributed by atoms with Crippen molar-refractivity contribution in [3.8, 4) is 0 Å². The Kier molecular flexibility index (Phi) is 3.71. The first-order valence-electron chi connectivity index (χ1n) is 4.08. The molecule has 0 saturated carbocycles. The Bertz CT molecular complexity index is 310. The van der Waals surface area contributed by atoms with Crippen molar-refractivity contribution in [2.45, 2.75) is 13.3 Å². The minimum Gasteiger partial charge on any atom is -0.318 e. The van der Waals surface area contributed by atoms with E-state index < -0.39 is 0 Å². The summed E-state index contributed by atoms with van der Waals surface area (Å²) in [6, 6.07) is 7.95. The van der Waals surface area contributed by atoms with Crippen LogP contribution in [-0.2, 0) is 11.2 Å². The fourth-order valence-corrected chi connectivity index (χ4v) is 1.70. The molecule has 0 aromatic heterocycles. The van der Waals surface area contributed by atoms with Crippen LogP contribution in [0.15, 0.2) is 24.3 Å². The SMILES string of the molecule is CC(=O)Cc1ccccc1N(C)I. The molecule has 1 aromatic rings. The lowest BCUT2D eigenvalue weighted by Crippen LogP contribution is -2.06. The maximum Gasteiger partial charge on any atom is 0.134 e. The number of rotatable bonds is 3. The third-order valence-electron chi connectivity index (χ3n) is 1.76. The van der Waals surface area contributed by atoms with Gasteiger partial charge in [0.25, 0.3) is 0 Å². The lowest BCUT2D eigenvalue weighted by Gasteiger charge is -2.13. The lowest BCUT2D eigenvalue weighted by atomic mass is 10.1. The Morgan fingerprint density at radius 2 is 2.08 bits per heavy atom. The normalized spacial score (nSPS) is 9.77. The number of nitrogens with zero attached hydrogens (tertiary/aromatic N) is 1. The highest BCUT2D eigenvalue weighted by Crippen LogP contribution is 2.22. The van der Waals surface area contributed by atoms with Crippen LogP contribution < -0.4 is 3.11 Å². The molecule has 0 N–H and O–H groups in total. The Labute approximate surface area is 92.4 Å². The van der Waals surface area contributed by atoms with Crippen LogP contribution in [0.4, 0.5) is 5.69 Å². The zero-order chi connectivity index (χ0) is 9.84. The number of carbonyl (C=O) groups excluding carboxylic acids is 1. The molecule has 0 aliphatic carbocycles. The standard InChI is InChI=1S/C10H12INO/c1-8(13)7-9-5-3-4-6-10(9)12(2)11/h3-6H,7H2,1-2H3. The maximum atomic E-state index is 11.0. The van der Waals surface area contributed by atoms with Crippen LogP contribution in [0.2, 0.25) is 0 Å². The van der Waals surface area contributed by atoms with Crippen LogP contribution in [0.3, 0.4) is 0 Å². The average Bonchev–Trinajstić information content (AvgIpc) is 2.03. The van der Waals surface area contributed by atoms with Gasteiger partial charge >= 0.3 is 0 Å². The van der Waals surface area contributed by atoms with Crippen LogP contribution in [-0.4, -0.2) is 12.8 Å². The van der Waals surface area contributed by atoms with Crippen molar-refractivity contribution in [3.63, 3.8) is 0 Å². The van der Waals surface area contributed by atoms with Crippen molar-refractivity contribution in [2.24, 2.45) is 0 Å². The Morgan fingerprint density at radius 3 is 2.62 bits per heavy atom. The van der Waals surface area contributed by atoms with E-state index in [-0.39, 0.29) is 5.78 Å². The first-order chi connectivity index (χ1) is 6.11. The number of anilines is 1. The highest BCUT2D eigenvalue weighted by molar-refractivity contribution is 14.1. The summed E-state index contributed by atoms with van der Waals surface area (Å²) < 4.78 is 2.00. The third kappa shape index (κ3) is 2.99. The van der Waals surface area contributed by atoms with E-state index in [0.717, 1.165) is 11.3 Å². The molecule has 0 spiro atoms. The second kappa shape index (κ2) is 4.60. The molecule has 0 saturated heterocycles. The molecule has 1 rings (SSSR count). The smallest absolute Gasteiger partial charge is 0.134 e. The van der Waals surface area contributed by atoms with Gasteiger partial charge in [-0.05, 0) is 18.6 Å². The van der Waals surface area contributed by atoms with Crippen molar-refractivity contribution in [1.29, 1.82) is 0 Å². The summed E-state index contributed by atoms with van der Waals surface area (Å²) in [4.78, 5) is 11.0. The molecular weight excluding hydrogens is 277 g/mol. The summed E-state index contributed by atoms with van der Waals surface area (Å²) >= 11 is 2.20. The van der Waals surface area contributed by atoms with Gasteiger partial charge in [-0.1, -0.05) is 18.2 Å². The van der Waals surface area contributed by atoms with Gasteiger partial charge in [-0.3, -0.25) is 4.79 Å². The van der Waals surface area contributed by atoms with Crippen molar-refractivity contribution in [2.75, 3.05) is 10.2 Å². The van der Waals surface area contributed by atoms with Gasteiger partial charge in [-0.2, -0.15) is 0 Å². The zero-order valence-electron chi connectivity index (χ0n) is 7.75. The van der Waals surface area contributed by atoms with Gasteiger partial charge in [0, 0.05) is 19.2 Å². The lowest BCUT2D eigenvalue weighted by molar-refractivity contribution is -0.116. The second-order valence-corrected chi connectivity index (χ2v) is 4.43. The van der Waals surface area contributed by atoms with E-state index in [1.54, 1.807) is 6.92 Å². The summed E-state index contributed by atoms with van der Waals surface area (Å²) in [5, 5.41) is 0. The molecule has 0 aliphatic rings. The predicted molar refractivity (Wildman–Crippen MR) is 63.3 cm³/mol. The molecule has 0 amide bonds. The quantitative estimate of drug-likeness (QED) is 0.629. The van der Waals surface area contributed by atoms with E-state index >= 15 is 0 Å². The van der Waals surface area contributed by atoms with Gasteiger partial charge in [0.05, 0.1) is 22.9 Å². The highest BCUT2D eigenvalue weighted by Gasteiger charge is 2.05. The molecule has 70 valence electrons. The van der Waals surface area contributed by atoms with Gasteiger partial charge in [-0.25, -0.2) is 0 Å². The Balaban J connectivity index is 2.97. The summed E-state index contributed by atoms with van der Waals surface area (Å²) in [6.45, 7) is 1.62. The zero-order valence-corrected chi connectivity index (χ0v) is 9.91. The maximum absolute atomic E-state index is 11.0. The molecule has 1 aromatic carbocycles. The molecule has 0 radical (unpaired) electrons. The van der Waals surface area contributed by atoms with E-state index in [1.807, 2.05) is 34.4 Å². The van der Waals surface area contributed by atoms with Gasteiger partial charge in [0.2, 0.25) is 0 Å². The molecule has 13 heavy (non-hydrogen) atoms. The highest BCUT2D eigenvalue weighted by atomic mass is 127. The van der Waals surface area contributed by atoms with Gasteiger partial charge < -0.3 is 3.11 Å². The number of halogens is 1. The van der Waals surface area contributed by atoms with Crippen LogP contribution in [0.5, 0.6) is 0 Å². The Morgan fingerprint density at radius 1 is 1.46 bits per heavy atom. The van der Waals surface area contributed by atoms with Gasteiger partial charge in [-0.15, -0.1) is 0 Å². The average molecular weight is 289 g/mol. The molecular formula is C10H12INO. The Hall–Kier alpha value is -0.580. The van der Waals surface area contributed by atoms with Crippen molar-refractivity contribution in [3.05, 3.63) is 29.8 Å². The minimum absolute atomic E-state index is 0.200. The van der Waals surface area contributed by atoms with Crippen molar-refractivity contribution >= 4 is 34.3 Å². The number of benzene rings is 1. The fourth-order valence-electron chi connectivity index (χ4n) is 1.23. The van der Waals surface area contributed by atoms with Crippen LogP contribution in [0, 0.1) is 0 Å². The van der Waals surface area contributed by atoms with E-state index in [4.69, 9.17) is 0 Å². The van der Waals surface area contributed by atoms with Crippen LogP contribution >= 0.6 is 22.9 Å². The van der Waals surface area contributed by atoms with Crippen LogP contribution in [0.1, 0.15) is 12.5 Å². The summed E-state index contributed by atoms with van der Waals surface area (Å²) in [6.07, 6.45) is 0.517. The van der Waals surface area contributed by atoms with Gasteiger partial charge in [0.1, 0.15) is 5.78 Å². The summed E-state index contributed by atoms with van der Waals surface area (Å²) in [5.41, 5.74) is 2.20. The summed E-state index contributed by atoms with van der Waals surface area (Å²) in [5.74, 6) is 0.200. The second-order valence-electron chi connectivity index (χ2n) is 2.98. The number of carbonyl (C=O) groups is 1. The van der Waals surface area contributed by atoms with Gasteiger partial charge in [0.15, 0.2) is 0 Å². The van der Waals surface area contributed by atoms with Crippen molar-refractivity contribution < 1.29 is 4.79 Å². The molecule has 0 unspecified atom stereocenters. The number of hydrogen-bond donors (Lipinski definition) is 0. The van der Waals surface area contributed by atoms with E-state index in [1.165, 1.54) is 0 Å². The topological polar surface area (TPSA) is 20.3 Å². The molecule has 0 fully saturated rings. The number of Topliss-reactive ketones (excluding diaryl/α,β-unsaturated/α-hetero) is 1. The molecule has 0 heterocycles. The molecule has 0 aliphatic heterocycles. The monoisotopic (exact) mass is 289 g/mol. The third-order valence-corrected chi connectivity index (χ3v) is 2.28. The summed E-state index contributed by atoms with van der Waals surface area (Å²) in [7, 11) is 1.97. The largest absolute Gasteiger partial charge is 0.318 e. The molecule has 2 nitrogen and oxygen atoms in total. The molecule has 0 bridgehead atoms. The number of ketones is 1. The van der Waals surface area contributed by atoms with Crippen LogP contribution in [0.25, 0.3) is 0 Å². The first-order valence-corrected chi connectivity index (χ1v) is 5.04. The first kappa shape index (κ1) is 10.5. The molecule has 3 heteroatoms. The van der Waals surface area contributed by atoms with Crippen molar-refractivity contribution in [1.82, 2.24) is 0 Å². The number of para-hydroxylation sites is 1. The molecule has 0 atom stereocenters. The van der Waals surface area contributed by atoms with E-state index in [9.17, 15) is 4.79 Å². The minimum atomic E-state index is 0.200. The fraction of sp³-hybridized carbons (Fsp3) is 0.300. The van der Waals surface area contributed by atoms with E-state index in [0.29, 0.717) is 6.42 Å². The predicted octanol–water partition coefficient (Wildman–Crippen LogP) is 2.60. The van der Waals surface area contributed by atoms with E-state index in [2.05, 4.69) is 22.9 Å². The number of hydrogen-bond acceptors (Lipinski definition) is 2.